The molecule has 0 fully saturated rings. The van der Waals surface area contributed by atoms with Crippen LogP contribution in [0.15, 0.2) is 59.6 Å². The van der Waals surface area contributed by atoms with Crippen LogP contribution in [0.2, 0.25) is 10.0 Å². The zero-order chi connectivity index (χ0) is 27.0. The van der Waals surface area contributed by atoms with Crippen molar-refractivity contribution in [2.45, 2.75) is 24.3 Å². The third-order valence-corrected chi connectivity index (χ3v) is 8.16. The van der Waals surface area contributed by atoms with Gasteiger partial charge < -0.3 is 19.8 Å². The number of sulfonamides is 1. The zero-order valence-electron chi connectivity index (χ0n) is 20.0. The van der Waals surface area contributed by atoms with Crippen LogP contribution in [0, 0.1) is 5.82 Å². The number of hydrogen-bond donors (Lipinski definition) is 3. The standard InChI is InChI=1S/C26H22Cl2FN3O5S/c1-2-19(14-3-7-21-22(12-14)37-10-9-36-21)31-26(33)15-4-8-23(18(29)11-15)38(34,35)32-20-6-5-16(27)24-17(28)13-30-25(20)24/h3-8,11-13,19,30,32H,2,9-10H2,1H3,(H,31,33)/t19-/m0/s1. The van der Waals surface area contributed by atoms with Crippen LogP contribution < -0.4 is 19.5 Å². The van der Waals surface area contributed by atoms with Crippen LogP contribution in [0.4, 0.5) is 10.1 Å². The monoisotopic (exact) mass is 577 g/mol. The van der Waals surface area contributed by atoms with Crippen molar-refractivity contribution in [1.82, 2.24) is 10.3 Å². The summed E-state index contributed by atoms with van der Waals surface area (Å²) in [7, 11) is -4.35. The number of anilines is 1. The molecular weight excluding hydrogens is 556 g/mol. The van der Waals surface area contributed by atoms with Crippen LogP contribution in [0.5, 0.6) is 11.5 Å². The van der Waals surface area contributed by atoms with Gasteiger partial charge in [0, 0.05) is 17.1 Å². The second-order valence-corrected chi connectivity index (χ2v) is 11.0. The van der Waals surface area contributed by atoms with Gasteiger partial charge in [-0.15, -0.1) is 0 Å². The molecule has 38 heavy (non-hydrogen) atoms. The Hall–Kier alpha value is -3.47. The number of amides is 1. The van der Waals surface area contributed by atoms with E-state index in [0.29, 0.717) is 52.1 Å². The lowest BCUT2D eigenvalue weighted by Crippen LogP contribution is -2.28. The van der Waals surface area contributed by atoms with E-state index in [2.05, 4.69) is 15.0 Å². The quantitative estimate of drug-likeness (QED) is 0.247. The van der Waals surface area contributed by atoms with Gasteiger partial charge >= 0.3 is 0 Å². The number of ether oxygens (including phenoxy) is 2. The van der Waals surface area contributed by atoms with Crippen molar-refractivity contribution >= 4 is 55.7 Å². The van der Waals surface area contributed by atoms with Gasteiger partial charge in [-0.1, -0.05) is 36.2 Å². The fraction of sp³-hybridized carbons (Fsp3) is 0.192. The highest BCUT2D eigenvalue weighted by Gasteiger charge is 2.24. The molecular formula is C26H22Cl2FN3O5S. The summed E-state index contributed by atoms with van der Waals surface area (Å²) in [5.41, 5.74) is 1.27. The number of aromatic nitrogens is 1. The molecule has 1 aromatic heterocycles. The molecule has 8 nitrogen and oxygen atoms in total. The second-order valence-electron chi connectivity index (χ2n) is 8.57. The number of rotatable bonds is 7. The summed E-state index contributed by atoms with van der Waals surface area (Å²) in [6.07, 6.45) is 2.03. The summed E-state index contributed by atoms with van der Waals surface area (Å²) in [6.45, 7) is 2.80. The zero-order valence-corrected chi connectivity index (χ0v) is 22.3. The van der Waals surface area contributed by atoms with Crippen molar-refractivity contribution in [1.29, 1.82) is 0 Å². The average molecular weight is 578 g/mol. The lowest BCUT2D eigenvalue weighted by Gasteiger charge is -2.22. The molecule has 5 rings (SSSR count). The molecule has 0 bridgehead atoms. The Bertz CT molecular complexity index is 1660. The minimum Gasteiger partial charge on any atom is -0.486 e. The minimum atomic E-state index is -4.35. The summed E-state index contributed by atoms with van der Waals surface area (Å²) < 4.78 is 54.6. The van der Waals surface area contributed by atoms with Crippen LogP contribution in [-0.2, 0) is 10.0 Å². The predicted octanol–water partition coefficient (Wildman–Crippen LogP) is 6.07. The van der Waals surface area contributed by atoms with E-state index in [1.807, 2.05) is 13.0 Å². The summed E-state index contributed by atoms with van der Waals surface area (Å²) in [5, 5.41) is 3.94. The van der Waals surface area contributed by atoms with Gasteiger partial charge in [0.15, 0.2) is 11.5 Å². The SMILES string of the molecule is CC[C@H](NC(=O)c1ccc(S(=O)(=O)Nc2ccc(Cl)c3c(Cl)c[nH]c23)c(F)c1)c1ccc2c(c1)OCCO2. The lowest BCUT2D eigenvalue weighted by atomic mass is 10.0. The second kappa shape index (κ2) is 10.4. The third kappa shape index (κ3) is 4.99. The number of benzene rings is 3. The van der Waals surface area contributed by atoms with E-state index in [-0.39, 0.29) is 17.3 Å². The van der Waals surface area contributed by atoms with Crippen LogP contribution in [0.25, 0.3) is 10.9 Å². The van der Waals surface area contributed by atoms with Gasteiger partial charge in [-0.05, 0) is 54.4 Å². The Morgan fingerprint density at radius 1 is 1.05 bits per heavy atom. The predicted molar refractivity (Wildman–Crippen MR) is 143 cm³/mol. The molecule has 0 radical (unpaired) electrons. The molecule has 1 aliphatic heterocycles. The third-order valence-electron chi connectivity index (χ3n) is 6.15. The number of nitrogens with one attached hydrogen (secondary N) is 3. The highest BCUT2D eigenvalue weighted by atomic mass is 35.5. The smallest absolute Gasteiger partial charge is 0.264 e. The van der Waals surface area contributed by atoms with Gasteiger partial charge in [-0.2, -0.15) is 0 Å². The van der Waals surface area contributed by atoms with E-state index in [0.717, 1.165) is 17.7 Å². The summed E-state index contributed by atoms with van der Waals surface area (Å²) in [5.74, 6) is -0.406. The fourth-order valence-electron chi connectivity index (χ4n) is 4.25. The molecule has 4 aromatic rings. The van der Waals surface area contributed by atoms with Gasteiger partial charge in [0.05, 0.1) is 27.3 Å². The number of halogens is 3. The van der Waals surface area contributed by atoms with E-state index in [9.17, 15) is 13.2 Å². The Balaban J connectivity index is 1.35. The van der Waals surface area contributed by atoms with E-state index in [1.165, 1.54) is 24.4 Å². The number of fused-ring (bicyclic) bond motifs is 2. The van der Waals surface area contributed by atoms with Crippen LogP contribution in [0.1, 0.15) is 35.3 Å². The first-order valence-corrected chi connectivity index (χ1v) is 13.9. The minimum absolute atomic E-state index is 0.0255. The average Bonchev–Trinajstić information content (AvgIpc) is 3.30. The first-order valence-electron chi connectivity index (χ1n) is 11.7. The molecule has 3 aromatic carbocycles. The number of carbonyl (C=O) groups excluding carboxylic acids is 1. The Morgan fingerprint density at radius 2 is 1.82 bits per heavy atom. The van der Waals surface area contributed by atoms with Crippen LogP contribution in [-0.4, -0.2) is 32.5 Å². The molecule has 12 heteroatoms. The molecule has 0 unspecified atom stereocenters. The molecule has 1 amide bonds. The summed E-state index contributed by atoms with van der Waals surface area (Å²) in [4.78, 5) is 15.2. The molecule has 1 aliphatic rings. The van der Waals surface area contributed by atoms with Gasteiger partial charge in [-0.3, -0.25) is 9.52 Å². The van der Waals surface area contributed by atoms with Gasteiger partial charge in [0.2, 0.25) is 0 Å². The van der Waals surface area contributed by atoms with Crippen molar-refractivity contribution in [3.05, 3.63) is 81.7 Å². The Labute approximate surface area is 228 Å². The van der Waals surface area contributed by atoms with E-state index >= 15 is 4.39 Å². The molecule has 0 aliphatic carbocycles. The molecule has 0 spiro atoms. The Morgan fingerprint density at radius 3 is 2.55 bits per heavy atom. The summed E-state index contributed by atoms with van der Waals surface area (Å²) in [6, 6.07) is 11.1. The number of H-pyrrole nitrogens is 1. The highest BCUT2D eigenvalue weighted by molar-refractivity contribution is 7.92. The molecule has 0 saturated heterocycles. The summed E-state index contributed by atoms with van der Waals surface area (Å²) >= 11 is 12.3. The van der Waals surface area contributed by atoms with Crippen molar-refractivity contribution in [3.63, 3.8) is 0 Å². The first-order chi connectivity index (χ1) is 18.2. The molecule has 2 heterocycles. The maximum atomic E-state index is 15.0. The molecule has 1 atom stereocenters. The van der Waals surface area contributed by atoms with Crippen molar-refractivity contribution in [3.8, 4) is 11.5 Å². The lowest BCUT2D eigenvalue weighted by molar-refractivity contribution is 0.0934. The normalized spacial score (nSPS) is 13.8. The molecule has 198 valence electrons. The van der Waals surface area contributed by atoms with E-state index in [4.69, 9.17) is 32.7 Å². The topological polar surface area (TPSA) is 110 Å². The molecule has 0 saturated carbocycles. The van der Waals surface area contributed by atoms with E-state index < -0.39 is 26.6 Å². The van der Waals surface area contributed by atoms with E-state index in [1.54, 1.807) is 12.1 Å². The number of carbonyl (C=O) groups is 1. The fourth-order valence-corrected chi connectivity index (χ4v) is 5.94. The largest absolute Gasteiger partial charge is 0.486 e. The molecule has 3 N–H and O–H groups in total. The van der Waals surface area contributed by atoms with Crippen molar-refractivity contribution in [2.75, 3.05) is 17.9 Å². The van der Waals surface area contributed by atoms with Gasteiger partial charge in [0.1, 0.15) is 23.9 Å². The van der Waals surface area contributed by atoms with Gasteiger partial charge in [0.25, 0.3) is 15.9 Å². The Kier molecular flexibility index (Phi) is 7.13. The van der Waals surface area contributed by atoms with Crippen LogP contribution >= 0.6 is 23.2 Å². The maximum Gasteiger partial charge on any atom is 0.264 e. The number of hydrogen-bond acceptors (Lipinski definition) is 5. The van der Waals surface area contributed by atoms with Crippen molar-refractivity contribution < 1.29 is 27.1 Å². The number of aromatic amines is 1. The van der Waals surface area contributed by atoms with Crippen molar-refractivity contribution in [2.24, 2.45) is 0 Å². The van der Waals surface area contributed by atoms with Gasteiger partial charge in [-0.25, -0.2) is 12.8 Å². The first kappa shape index (κ1) is 26.1. The highest BCUT2D eigenvalue weighted by Crippen LogP contribution is 2.36. The van der Waals surface area contributed by atoms with Crippen LogP contribution in [0.3, 0.4) is 0 Å². The maximum absolute atomic E-state index is 15.0.